The SMILES string of the molecule is O=C(NCCn1c(C(=O)N2CCNCC2)c(-c2ccccc2)n(C2CCCC[C@H]2O)c1=O)c1ccccc1. The second-order valence-corrected chi connectivity index (χ2v) is 9.95. The van der Waals surface area contributed by atoms with Crippen LogP contribution in [-0.4, -0.2) is 69.8 Å². The molecule has 200 valence electrons. The minimum Gasteiger partial charge on any atom is -0.391 e. The summed E-state index contributed by atoms with van der Waals surface area (Å²) < 4.78 is 3.15. The van der Waals surface area contributed by atoms with Gasteiger partial charge in [0, 0.05) is 50.4 Å². The highest BCUT2D eigenvalue weighted by Gasteiger charge is 2.35. The number of aliphatic hydroxyl groups excluding tert-OH is 1. The molecule has 2 atom stereocenters. The molecule has 0 spiro atoms. The molecule has 2 amide bonds. The summed E-state index contributed by atoms with van der Waals surface area (Å²) in [6.07, 6.45) is 2.43. The standard InChI is InChI=1S/C29H35N5O4/c35-24-14-8-7-13-23(24)34-25(21-9-3-1-4-10-21)26(28(37)32-18-15-30-16-19-32)33(29(34)38)20-17-31-27(36)22-11-5-2-6-12-22/h1-6,9-12,23-24,30,35H,7-8,13-20H2,(H,31,36)/t23?,24-/m1/s1. The number of aliphatic hydroxyl groups is 1. The largest absolute Gasteiger partial charge is 0.391 e. The molecule has 2 fully saturated rings. The minimum absolute atomic E-state index is 0.139. The fourth-order valence-corrected chi connectivity index (χ4v) is 5.55. The smallest absolute Gasteiger partial charge is 0.329 e. The van der Waals surface area contributed by atoms with Crippen LogP contribution in [0.4, 0.5) is 0 Å². The molecular weight excluding hydrogens is 482 g/mol. The summed E-state index contributed by atoms with van der Waals surface area (Å²) in [6.45, 7) is 2.78. The monoisotopic (exact) mass is 517 g/mol. The predicted octanol–water partition coefficient (Wildman–Crippen LogP) is 2.27. The molecule has 2 aromatic carbocycles. The van der Waals surface area contributed by atoms with E-state index in [2.05, 4.69) is 10.6 Å². The van der Waals surface area contributed by atoms with Gasteiger partial charge in [-0.05, 0) is 25.0 Å². The Labute approximate surface area is 222 Å². The van der Waals surface area contributed by atoms with Crippen molar-refractivity contribution in [3.8, 4) is 11.3 Å². The number of piperazine rings is 1. The molecule has 0 bridgehead atoms. The van der Waals surface area contributed by atoms with Crippen molar-refractivity contribution >= 4 is 11.8 Å². The molecule has 1 aliphatic carbocycles. The minimum atomic E-state index is -0.667. The lowest BCUT2D eigenvalue weighted by Crippen LogP contribution is -2.47. The van der Waals surface area contributed by atoms with Crippen LogP contribution in [0.5, 0.6) is 0 Å². The molecule has 1 unspecified atom stereocenters. The van der Waals surface area contributed by atoms with Crippen LogP contribution >= 0.6 is 0 Å². The molecular formula is C29H35N5O4. The van der Waals surface area contributed by atoms with Crippen LogP contribution in [0, 0.1) is 0 Å². The van der Waals surface area contributed by atoms with E-state index in [1.807, 2.05) is 36.4 Å². The number of benzene rings is 2. The summed E-state index contributed by atoms with van der Waals surface area (Å²) in [5, 5.41) is 17.1. The number of imidazole rings is 1. The third-order valence-electron chi connectivity index (χ3n) is 7.51. The summed E-state index contributed by atoms with van der Waals surface area (Å²) >= 11 is 0. The molecule has 3 aromatic rings. The third kappa shape index (κ3) is 5.30. The Morgan fingerprint density at radius 2 is 1.61 bits per heavy atom. The highest BCUT2D eigenvalue weighted by molar-refractivity contribution is 5.99. The van der Waals surface area contributed by atoms with Crippen molar-refractivity contribution in [2.75, 3.05) is 32.7 Å². The zero-order valence-corrected chi connectivity index (χ0v) is 21.5. The average Bonchev–Trinajstić information content (AvgIpc) is 3.25. The number of nitrogens with one attached hydrogen (secondary N) is 2. The molecule has 1 aromatic heterocycles. The van der Waals surface area contributed by atoms with E-state index < -0.39 is 12.1 Å². The van der Waals surface area contributed by atoms with E-state index >= 15 is 0 Å². The van der Waals surface area contributed by atoms with Gasteiger partial charge in [-0.15, -0.1) is 0 Å². The van der Waals surface area contributed by atoms with E-state index in [-0.39, 0.29) is 30.6 Å². The second-order valence-electron chi connectivity index (χ2n) is 9.95. The van der Waals surface area contributed by atoms with E-state index in [9.17, 15) is 19.5 Å². The fourth-order valence-electron chi connectivity index (χ4n) is 5.55. The maximum absolute atomic E-state index is 14.1. The molecule has 9 heteroatoms. The molecule has 38 heavy (non-hydrogen) atoms. The number of rotatable bonds is 7. The number of amides is 2. The van der Waals surface area contributed by atoms with Crippen LogP contribution in [0.1, 0.15) is 52.6 Å². The quantitative estimate of drug-likeness (QED) is 0.446. The maximum Gasteiger partial charge on any atom is 0.329 e. The summed E-state index contributed by atoms with van der Waals surface area (Å²) in [5.41, 5.74) is 1.81. The van der Waals surface area contributed by atoms with Crippen molar-refractivity contribution in [2.24, 2.45) is 0 Å². The summed E-state index contributed by atoms with van der Waals surface area (Å²) in [6, 6.07) is 18.0. The lowest BCUT2D eigenvalue weighted by molar-refractivity contribution is 0.0719. The number of carbonyl (C=O) groups is 2. The van der Waals surface area contributed by atoms with Crippen molar-refractivity contribution in [1.29, 1.82) is 0 Å². The lowest BCUT2D eigenvalue weighted by atomic mass is 9.92. The van der Waals surface area contributed by atoms with Crippen LogP contribution in [0.15, 0.2) is 65.5 Å². The summed E-state index contributed by atoms with van der Waals surface area (Å²) in [4.78, 5) is 42.5. The molecule has 0 radical (unpaired) electrons. The van der Waals surface area contributed by atoms with Gasteiger partial charge < -0.3 is 20.6 Å². The van der Waals surface area contributed by atoms with E-state index in [0.717, 1.165) is 18.4 Å². The summed E-state index contributed by atoms with van der Waals surface area (Å²) in [7, 11) is 0. The van der Waals surface area contributed by atoms with E-state index in [4.69, 9.17) is 0 Å². The van der Waals surface area contributed by atoms with Gasteiger partial charge in [-0.3, -0.25) is 18.7 Å². The first-order chi connectivity index (χ1) is 18.6. The second kappa shape index (κ2) is 11.8. The molecule has 9 nitrogen and oxygen atoms in total. The zero-order chi connectivity index (χ0) is 26.5. The molecule has 1 saturated carbocycles. The van der Waals surface area contributed by atoms with Crippen LogP contribution in [0.25, 0.3) is 11.3 Å². The number of nitrogens with zero attached hydrogens (tertiary/aromatic N) is 3. The highest BCUT2D eigenvalue weighted by Crippen LogP contribution is 2.34. The first-order valence-electron chi connectivity index (χ1n) is 13.5. The van der Waals surface area contributed by atoms with Crippen LogP contribution < -0.4 is 16.3 Å². The third-order valence-corrected chi connectivity index (χ3v) is 7.51. The molecule has 3 N–H and O–H groups in total. The molecule has 5 rings (SSSR count). The lowest BCUT2D eigenvalue weighted by Gasteiger charge is -2.30. The fraction of sp³-hybridized carbons (Fsp3) is 0.414. The van der Waals surface area contributed by atoms with Crippen molar-refractivity contribution < 1.29 is 14.7 Å². The van der Waals surface area contributed by atoms with Gasteiger partial charge in [-0.1, -0.05) is 61.4 Å². The van der Waals surface area contributed by atoms with Crippen molar-refractivity contribution in [3.05, 3.63) is 82.4 Å². The average molecular weight is 518 g/mol. The van der Waals surface area contributed by atoms with E-state index in [1.54, 1.807) is 33.7 Å². The van der Waals surface area contributed by atoms with Gasteiger partial charge in [0.25, 0.3) is 11.8 Å². The Morgan fingerprint density at radius 1 is 0.947 bits per heavy atom. The highest BCUT2D eigenvalue weighted by atomic mass is 16.3. The van der Waals surface area contributed by atoms with Gasteiger partial charge in [-0.25, -0.2) is 4.79 Å². The molecule has 2 aliphatic rings. The Hall–Kier alpha value is -3.69. The topological polar surface area (TPSA) is 109 Å². The normalized spacial score (nSPS) is 19.8. The summed E-state index contributed by atoms with van der Waals surface area (Å²) in [5.74, 6) is -0.445. The van der Waals surface area contributed by atoms with Crippen molar-refractivity contribution in [2.45, 2.75) is 44.4 Å². The molecule has 1 saturated heterocycles. The predicted molar refractivity (Wildman–Crippen MR) is 145 cm³/mol. The van der Waals surface area contributed by atoms with Gasteiger partial charge >= 0.3 is 5.69 Å². The van der Waals surface area contributed by atoms with Gasteiger partial charge in [0.15, 0.2) is 0 Å². The Bertz CT molecular complexity index is 1310. The number of aromatic nitrogens is 2. The van der Waals surface area contributed by atoms with Crippen LogP contribution in [0.2, 0.25) is 0 Å². The Morgan fingerprint density at radius 3 is 2.29 bits per heavy atom. The molecule has 1 aliphatic heterocycles. The number of hydrogen-bond donors (Lipinski definition) is 3. The van der Waals surface area contributed by atoms with Crippen molar-refractivity contribution in [1.82, 2.24) is 24.7 Å². The number of hydrogen-bond acceptors (Lipinski definition) is 5. The van der Waals surface area contributed by atoms with Gasteiger partial charge in [-0.2, -0.15) is 0 Å². The Balaban J connectivity index is 1.58. The maximum atomic E-state index is 14.1. The van der Waals surface area contributed by atoms with Gasteiger partial charge in [0.1, 0.15) is 5.69 Å². The number of carbonyl (C=O) groups excluding carboxylic acids is 2. The zero-order valence-electron chi connectivity index (χ0n) is 21.5. The van der Waals surface area contributed by atoms with E-state index in [1.165, 1.54) is 4.57 Å². The van der Waals surface area contributed by atoms with Crippen molar-refractivity contribution in [3.63, 3.8) is 0 Å². The first-order valence-corrected chi connectivity index (χ1v) is 13.5. The van der Waals surface area contributed by atoms with Gasteiger partial charge in [0.2, 0.25) is 0 Å². The first kappa shape index (κ1) is 25.9. The van der Waals surface area contributed by atoms with Gasteiger partial charge in [0.05, 0.1) is 17.8 Å². The van der Waals surface area contributed by atoms with Crippen LogP contribution in [0.3, 0.4) is 0 Å². The molecule has 2 heterocycles. The van der Waals surface area contributed by atoms with Crippen LogP contribution in [-0.2, 0) is 6.54 Å². The Kier molecular flexibility index (Phi) is 8.05. The van der Waals surface area contributed by atoms with E-state index in [0.29, 0.717) is 56.0 Å².